The minimum atomic E-state index is -3.79. The second-order valence-electron chi connectivity index (χ2n) is 10.5. The molecule has 0 radical (unpaired) electrons. The summed E-state index contributed by atoms with van der Waals surface area (Å²) in [5, 5.41) is 0.768. The molecule has 11 heteroatoms. The lowest BCUT2D eigenvalue weighted by atomic mass is 9.81. The van der Waals surface area contributed by atoms with Gasteiger partial charge >= 0.3 is 0 Å². The first-order valence-electron chi connectivity index (χ1n) is 13.4. The highest BCUT2D eigenvalue weighted by Gasteiger charge is 2.49. The van der Waals surface area contributed by atoms with Gasteiger partial charge in [0.2, 0.25) is 21.8 Å². The fourth-order valence-corrected chi connectivity index (χ4v) is 8.63. The molecule has 1 unspecified atom stereocenters. The van der Waals surface area contributed by atoms with Crippen molar-refractivity contribution in [3.05, 3.63) is 70.9 Å². The number of carbonyl (C=O) groups is 2. The number of thioether (sulfide) groups is 1. The zero-order valence-electron chi connectivity index (χ0n) is 23.0. The van der Waals surface area contributed by atoms with Crippen molar-refractivity contribution in [2.45, 2.75) is 54.2 Å². The SMILES string of the molecule is CCCSc1cnc(CC(=O)N2CC3(CCN(C(C)=O)C3)c3cc(S(=O)(=O)N(C)Cc4ccccc4)ccc32)s1. The van der Waals surface area contributed by atoms with Crippen molar-refractivity contribution in [2.75, 3.05) is 37.3 Å². The first-order chi connectivity index (χ1) is 19.1. The molecule has 1 fully saturated rings. The van der Waals surface area contributed by atoms with Gasteiger partial charge in [-0.2, -0.15) is 4.31 Å². The number of nitrogens with zero attached hydrogens (tertiary/aromatic N) is 4. The smallest absolute Gasteiger partial charge is 0.243 e. The van der Waals surface area contributed by atoms with E-state index in [0.717, 1.165) is 38.2 Å². The first-order valence-corrected chi connectivity index (χ1v) is 16.7. The number of likely N-dealkylation sites (tertiary alicyclic amines) is 1. The Kier molecular flexibility index (Phi) is 8.37. The number of carbonyl (C=O) groups excluding carboxylic acids is 2. The quantitative estimate of drug-likeness (QED) is 0.336. The van der Waals surface area contributed by atoms with Crippen LogP contribution in [0.1, 0.15) is 42.8 Å². The molecule has 1 aromatic heterocycles. The Hall–Kier alpha value is -2.73. The van der Waals surface area contributed by atoms with Crippen molar-refractivity contribution in [1.82, 2.24) is 14.2 Å². The third kappa shape index (κ3) is 5.70. The second kappa shape index (κ2) is 11.6. The molecule has 2 aromatic carbocycles. The first kappa shape index (κ1) is 28.8. The van der Waals surface area contributed by atoms with Crippen molar-refractivity contribution in [2.24, 2.45) is 0 Å². The maximum atomic E-state index is 13.6. The molecule has 0 saturated carbocycles. The summed E-state index contributed by atoms with van der Waals surface area (Å²) in [6.07, 6.45) is 3.75. The molecule has 5 rings (SSSR count). The molecule has 212 valence electrons. The Bertz CT molecular complexity index is 1510. The van der Waals surface area contributed by atoms with Gasteiger partial charge in [-0.05, 0) is 47.9 Å². The van der Waals surface area contributed by atoms with Gasteiger partial charge in [-0.1, -0.05) is 37.3 Å². The summed E-state index contributed by atoms with van der Waals surface area (Å²) in [5.41, 5.74) is 1.93. The van der Waals surface area contributed by atoms with Crippen LogP contribution in [0.3, 0.4) is 0 Å². The fourth-order valence-electron chi connectivity index (χ4n) is 5.50. The summed E-state index contributed by atoms with van der Waals surface area (Å²) in [7, 11) is -2.21. The third-order valence-corrected chi connectivity index (χ3v) is 11.8. The summed E-state index contributed by atoms with van der Waals surface area (Å²) in [6, 6.07) is 14.5. The van der Waals surface area contributed by atoms with Crippen LogP contribution in [0.5, 0.6) is 0 Å². The Morgan fingerprint density at radius 2 is 1.93 bits per heavy atom. The van der Waals surface area contributed by atoms with Gasteiger partial charge in [0.15, 0.2) is 0 Å². The number of anilines is 1. The van der Waals surface area contributed by atoms with Gasteiger partial charge in [-0.3, -0.25) is 9.59 Å². The van der Waals surface area contributed by atoms with Crippen molar-refractivity contribution in [3.8, 4) is 0 Å². The molecule has 2 aliphatic rings. The van der Waals surface area contributed by atoms with E-state index in [4.69, 9.17) is 0 Å². The van der Waals surface area contributed by atoms with E-state index in [2.05, 4.69) is 11.9 Å². The van der Waals surface area contributed by atoms with Gasteiger partial charge in [0, 0.05) is 51.3 Å². The molecular formula is C29H34N4O4S3. The minimum absolute atomic E-state index is 0.0190. The van der Waals surface area contributed by atoms with Crippen LogP contribution in [0, 0.1) is 0 Å². The summed E-state index contributed by atoms with van der Waals surface area (Å²) in [6.45, 7) is 5.38. The van der Waals surface area contributed by atoms with E-state index in [0.29, 0.717) is 26.1 Å². The Labute approximate surface area is 244 Å². The van der Waals surface area contributed by atoms with Crippen LogP contribution >= 0.6 is 23.1 Å². The van der Waals surface area contributed by atoms with Crippen molar-refractivity contribution >= 4 is 50.6 Å². The number of hydrogen-bond acceptors (Lipinski definition) is 7. The number of fused-ring (bicyclic) bond motifs is 2. The summed E-state index contributed by atoms with van der Waals surface area (Å²) < 4.78 is 29.7. The van der Waals surface area contributed by atoms with Crippen molar-refractivity contribution in [1.29, 1.82) is 0 Å². The topological polar surface area (TPSA) is 90.9 Å². The van der Waals surface area contributed by atoms with Gasteiger partial charge in [0.1, 0.15) is 5.01 Å². The van der Waals surface area contributed by atoms with Crippen molar-refractivity contribution in [3.63, 3.8) is 0 Å². The highest BCUT2D eigenvalue weighted by molar-refractivity contribution is 8.01. The predicted octanol–water partition coefficient (Wildman–Crippen LogP) is 4.55. The largest absolute Gasteiger partial charge is 0.342 e. The molecule has 0 bridgehead atoms. The molecule has 1 saturated heterocycles. The predicted molar refractivity (Wildman–Crippen MR) is 159 cm³/mol. The zero-order valence-corrected chi connectivity index (χ0v) is 25.4. The molecular weight excluding hydrogens is 565 g/mol. The number of sulfonamides is 1. The van der Waals surface area contributed by atoms with E-state index in [1.54, 1.807) is 65.1 Å². The molecule has 1 spiro atoms. The second-order valence-corrected chi connectivity index (χ2v) is 15.0. The van der Waals surface area contributed by atoms with E-state index in [1.807, 2.05) is 36.5 Å². The molecule has 2 aliphatic heterocycles. The van der Waals surface area contributed by atoms with Gasteiger partial charge in [-0.15, -0.1) is 23.1 Å². The number of amides is 2. The van der Waals surface area contributed by atoms with E-state index in [1.165, 1.54) is 4.31 Å². The van der Waals surface area contributed by atoms with Gasteiger partial charge in [0.05, 0.1) is 21.7 Å². The lowest BCUT2D eigenvalue weighted by Crippen LogP contribution is -2.40. The average molecular weight is 599 g/mol. The summed E-state index contributed by atoms with van der Waals surface area (Å²) in [5.74, 6) is 0.919. The number of aromatic nitrogens is 1. The van der Waals surface area contributed by atoms with Crippen LogP contribution in [0.25, 0.3) is 0 Å². The van der Waals surface area contributed by atoms with Crippen LogP contribution < -0.4 is 4.90 Å². The standard InChI is InChI=1S/C29H34N4O4S3/c1-4-14-38-28-17-30-26(39-28)16-27(35)33-20-29(12-13-32(19-29)21(2)34)24-15-23(10-11-25(24)33)40(36,37)31(3)18-22-8-6-5-7-9-22/h5-11,15,17H,4,12-14,16,18-20H2,1-3H3. The lowest BCUT2D eigenvalue weighted by molar-refractivity contribution is -0.127. The number of benzene rings is 2. The minimum Gasteiger partial charge on any atom is -0.342 e. The van der Waals surface area contributed by atoms with Crippen LogP contribution in [0.15, 0.2) is 63.8 Å². The number of hydrogen-bond donors (Lipinski definition) is 0. The van der Waals surface area contributed by atoms with Crippen LogP contribution in [0.4, 0.5) is 5.69 Å². The fraction of sp³-hybridized carbons (Fsp3) is 0.414. The molecule has 3 heterocycles. The van der Waals surface area contributed by atoms with Gasteiger partial charge in [-0.25, -0.2) is 13.4 Å². The maximum Gasteiger partial charge on any atom is 0.243 e. The van der Waals surface area contributed by atoms with Gasteiger partial charge < -0.3 is 9.80 Å². The molecule has 8 nitrogen and oxygen atoms in total. The van der Waals surface area contributed by atoms with E-state index in [9.17, 15) is 18.0 Å². The zero-order chi connectivity index (χ0) is 28.5. The molecule has 0 N–H and O–H groups in total. The Morgan fingerprint density at radius 1 is 1.15 bits per heavy atom. The van der Waals surface area contributed by atoms with E-state index >= 15 is 0 Å². The lowest BCUT2D eigenvalue weighted by Gasteiger charge is -2.26. The van der Waals surface area contributed by atoms with Crippen LogP contribution in [-0.4, -0.2) is 66.9 Å². The normalized spacial score (nSPS) is 18.6. The molecule has 2 amide bonds. The maximum absolute atomic E-state index is 13.6. The summed E-state index contributed by atoms with van der Waals surface area (Å²) >= 11 is 3.29. The monoisotopic (exact) mass is 598 g/mol. The van der Waals surface area contributed by atoms with E-state index < -0.39 is 15.4 Å². The highest BCUT2D eigenvalue weighted by atomic mass is 32.2. The van der Waals surface area contributed by atoms with Crippen molar-refractivity contribution < 1.29 is 18.0 Å². The van der Waals surface area contributed by atoms with E-state index in [-0.39, 0.29) is 29.7 Å². The molecule has 3 aromatic rings. The average Bonchev–Trinajstić information content (AvgIpc) is 3.66. The molecule has 1 atom stereocenters. The Balaban J connectivity index is 1.45. The number of thiazole rings is 1. The molecule has 0 aliphatic carbocycles. The van der Waals surface area contributed by atoms with Crippen LogP contribution in [-0.2, 0) is 38.0 Å². The highest BCUT2D eigenvalue weighted by Crippen LogP contribution is 2.47. The summed E-state index contributed by atoms with van der Waals surface area (Å²) in [4.78, 5) is 34.1. The molecule has 40 heavy (non-hydrogen) atoms. The third-order valence-electron chi connectivity index (χ3n) is 7.63. The van der Waals surface area contributed by atoms with Gasteiger partial charge in [0.25, 0.3) is 0 Å². The Morgan fingerprint density at radius 3 is 2.62 bits per heavy atom. The van der Waals surface area contributed by atoms with Crippen LogP contribution in [0.2, 0.25) is 0 Å². The number of rotatable bonds is 9.